The Kier molecular flexibility index (Phi) is 19.2. The zero-order valence-corrected chi connectivity index (χ0v) is 28.4. The number of hydrogen-bond donors (Lipinski definition) is 3. The molecule has 4 rings (SSSR count). The highest BCUT2D eigenvalue weighted by molar-refractivity contribution is 9.10. The van der Waals surface area contributed by atoms with Gasteiger partial charge in [-0.3, -0.25) is 14.4 Å². The van der Waals surface area contributed by atoms with Crippen LogP contribution < -0.4 is 11.1 Å². The number of halogens is 3. The summed E-state index contributed by atoms with van der Waals surface area (Å²) in [6.07, 6.45) is 1.70. The fourth-order valence-corrected chi connectivity index (χ4v) is 4.25. The number of primary amides is 1. The summed E-state index contributed by atoms with van der Waals surface area (Å²) < 4.78 is 28.2. The number of nitrogens with zero attached hydrogens (tertiary/aromatic N) is 2. The average Bonchev–Trinajstić information content (AvgIpc) is 3.58. The number of fused-ring (bicyclic) bond motifs is 1. The zero-order valence-electron chi connectivity index (χ0n) is 26.8. The van der Waals surface area contributed by atoms with Crippen LogP contribution in [0.15, 0.2) is 46.9 Å². The number of likely N-dealkylation sites (N-methyl/N-ethyl adjacent to an activating group) is 1. The molecule has 3 aromatic rings. The van der Waals surface area contributed by atoms with Crippen molar-refractivity contribution in [3.05, 3.63) is 64.3 Å². The second-order valence-corrected chi connectivity index (χ2v) is 11.3. The number of carbonyl (C=O) groups is 4. The molecule has 0 aliphatic carbocycles. The Morgan fingerprint density at radius 2 is 1.68 bits per heavy atom. The Balaban J connectivity index is 0.000000843. The SMILES string of the molecule is CC.CC(C)C.CC1CC(C=O)CN1C(=O)CN(C)C(=O)c1cc2c(F)cc(F)cc2[nH]1.CNc1ccc(Br)cc1.NC=O. The molecule has 0 saturated carbocycles. The fourth-order valence-electron chi connectivity index (χ4n) is 3.98. The van der Waals surface area contributed by atoms with Crippen LogP contribution in [0.2, 0.25) is 0 Å². The number of nitrogens with two attached hydrogens (primary N) is 1. The maximum atomic E-state index is 13.8. The van der Waals surface area contributed by atoms with E-state index in [1.165, 1.54) is 18.0 Å². The van der Waals surface area contributed by atoms with Crippen LogP contribution >= 0.6 is 15.9 Å². The van der Waals surface area contributed by atoms with E-state index in [1.54, 1.807) is 4.90 Å². The molecule has 0 spiro atoms. The first-order chi connectivity index (χ1) is 20.8. The van der Waals surface area contributed by atoms with E-state index in [2.05, 4.69) is 52.7 Å². The third-order valence-corrected chi connectivity index (χ3v) is 6.38. The summed E-state index contributed by atoms with van der Waals surface area (Å²) >= 11 is 3.35. The number of rotatable bonds is 5. The van der Waals surface area contributed by atoms with Gasteiger partial charge in [0.05, 0.1) is 12.1 Å². The summed E-state index contributed by atoms with van der Waals surface area (Å²) in [5.41, 5.74) is 5.55. The number of aromatic amines is 1. The molecule has 0 bridgehead atoms. The summed E-state index contributed by atoms with van der Waals surface area (Å²) in [6, 6.07) is 11.1. The van der Waals surface area contributed by atoms with Crippen LogP contribution in [0.25, 0.3) is 10.9 Å². The second-order valence-electron chi connectivity index (χ2n) is 10.3. The lowest BCUT2D eigenvalue weighted by Crippen LogP contribution is -2.42. The average molecular weight is 683 g/mol. The van der Waals surface area contributed by atoms with Crippen molar-refractivity contribution in [1.29, 1.82) is 0 Å². The van der Waals surface area contributed by atoms with Gasteiger partial charge in [-0.1, -0.05) is 50.5 Å². The van der Waals surface area contributed by atoms with E-state index in [0.29, 0.717) is 13.0 Å². The molecule has 9 nitrogen and oxygen atoms in total. The minimum absolute atomic E-state index is 0.0636. The molecular weight excluding hydrogens is 636 g/mol. The Morgan fingerprint density at radius 1 is 1.14 bits per heavy atom. The molecule has 1 fully saturated rings. The van der Waals surface area contributed by atoms with Crippen molar-refractivity contribution in [2.75, 3.05) is 32.5 Å². The molecule has 0 radical (unpaired) electrons. The normalized spacial score (nSPS) is 14.8. The molecule has 2 heterocycles. The molecule has 2 atom stereocenters. The molecule has 3 amide bonds. The Bertz CT molecular complexity index is 1320. The van der Waals surface area contributed by atoms with Crippen molar-refractivity contribution in [2.45, 2.75) is 54.0 Å². The lowest BCUT2D eigenvalue weighted by molar-refractivity contribution is -0.132. The summed E-state index contributed by atoms with van der Waals surface area (Å²) in [6.45, 7) is 12.5. The van der Waals surface area contributed by atoms with Crippen molar-refractivity contribution in [3.8, 4) is 0 Å². The minimum atomic E-state index is -0.764. The van der Waals surface area contributed by atoms with Gasteiger partial charge in [-0.15, -0.1) is 0 Å². The van der Waals surface area contributed by atoms with Gasteiger partial charge in [0, 0.05) is 54.2 Å². The zero-order chi connectivity index (χ0) is 34.0. The molecule has 44 heavy (non-hydrogen) atoms. The van der Waals surface area contributed by atoms with Crippen molar-refractivity contribution in [3.63, 3.8) is 0 Å². The molecule has 244 valence electrons. The van der Waals surface area contributed by atoms with E-state index in [9.17, 15) is 23.2 Å². The van der Waals surface area contributed by atoms with Gasteiger partial charge >= 0.3 is 0 Å². The number of H-pyrrole nitrogens is 1. The summed E-state index contributed by atoms with van der Waals surface area (Å²) in [5.74, 6) is -1.62. The van der Waals surface area contributed by atoms with Crippen LogP contribution in [0.1, 0.15) is 58.5 Å². The van der Waals surface area contributed by atoms with E-state index in [-0.39, 0.29) is 47.4 Å². The summed E-state index contributed by atoms with van der Waals surface area (Å²) in [4.78, 5) is 49.9. The number of benzene rings is 2. The Hall–Kier alpha value is -3.80. The number of amides is 3. The number of hydrogen-bond acceptors (Lipinski definition) is 5. The van der Waals surface area contributed by atoms with E-state index in [4.69, 9.17) is 4.79 Å². The van der Waals surface area contributed by atoms with Gasteiger partial charge in [0.1, 0.15) is 23.6 Å². The fraction of sp³-hybridized carbons (Fsp3) is 0.438. The van der Waals surface area contributed by atoms with Crippen LogP contribution in [0.3, 0.4) is 0 Å². The largest absolute Gasteiger partial charge is 0.388 e. The van der Waals surface area contributed by atoms with E-state index < -0.39 is 17.5 Å². The van der Waals surface area contributed by atoms with Crippen molar-refractivity contribution in [2.24, 2.45) is 17.6 Å². The predicted octanol–water partition coefficient (Wildman–Crippen LogP) is 6.23. The first kappa shape index (κ1) is 40.2. The standard InChI is InChI=1S/C18H19F2N3O3.C7H8BrN.C4H10.C2H6.CH3NO/c1-10-3-11(9-24)7-23(10)17(25)8-22(2)18(26)16-6-13-14(20)4-12(19)5-15(13)21-16;1-9-7-4-2-6(8)3-5-7;1-4(2)3;1-2;2-1-3/h4-6,9-11,21H,3,7-8H2,1-2H3;2-5,9H,1H3;4H,1-3H3;1-2H3;1H,(H2,2,3). The molecule has 4 N–H and O–H groups in total. The monoisotopic (exact) mass is 681 g/mol. The molecule has 1 aliphatic heterocycles. The first-order valence-corrected chi connectivity index (χ1v) is 15.1. The van der Waals surface area contributed by atoms with Crippen molar-refractivity contribution in [1.82, 2.24) is 14.8 Å². The van der Waals surface area contributed by atoms with E-state index >= 15 is 0 Å². The van der Waals surface area contributed by atoms with Gasteiger partial charge in [-0.25, -0.2) is 8.78 Å². The molecule has 1 saturated heterocycles. The highest BCUT2D eigenvalue weighted by atomic mass is 79.9. The molecule has 1 aromatic heterocycles. The van der Waals surface area contributed by atoms with E-state index in [1.807, 2.05) is 52.1 Å². The molecule has 1 aliphatic rings. The van der Waals surface area contributed by atoms with Gasteiger partial charge in [0.25, 0.3) is 5.91 Å². The van der Waals surface area contributed by atoms with Crippen LogP contribution in [0, 0.1) is 23.5 Å². The quantitative estimate of drug-likeness (QED) is 0.275. The third kappa shape index (κ3) is 13.7. The van der Waals surface area contributed by atoms with Gasteiger partial charge in [-0.05, 0) is 55.7 Å². The number of aromatic nitrogens is 1. The number of nitrogens with one attached hydrogen (secondary N) is 2. The smallest absolute Gasteiger partial charge is 0.270 e. The number of anilines is 1. The molecule has 2 unspecified atom stereocenters. The first-order valence-electron chi connectivity index (χ1n) is 14.3. The van der Waals surface area contributed by atoms with Crippen LogP contribution in [-0.4, -0.2) is 72.5 Å². The van der Waals surface area contributed by atoms with Crippen molar-refractivity contribution < 1.29 is 28.0 Å². The van der Waals surface area contributed by atoms with Crippen molar-refractivity contribution >= 4 is 57.0 Å². The van der Waals surface area contributed by atoms with Gasteiger partial charge in [-0.2, -0.15) is 0 Å². The molecule has 2 aromatic carbocycles. The summed E-state index contributed by atoms with van der Waals surface area (Å²) in [5, 5.41) is 3.14. The van der Waals surface area contributed by atoms with Crippen LogP contribution in [0.4, 0.5) is 14.5 Å². The van der Waals surface area contributed by atoms with Crippen LogP contribution in [0.5, 0.6) is 0 Å². The highest BCUT2D eigenvalue weighted by Gasteiger charge is 2.33. The Morgan fingerprint density at radius 3 is 2.16 bits per heavy atom. The molecular formula is C32H46BrF2N5O4. The van der Waals surface area contributed by atoms with Gasteiger partial charge in [0.15, 0.2) is 0 Å². The lowest BCUT2D eigenvalue weighted by Gasteiger charge is -2.24. The number of aldehydes is 1. The second kappa shape index (κ2) is 21.0. The predicted molar refractivity (Wildman–Crippen MR) is 176 cm³/mol. The number of likely N-dealkylation sites (tertiary alicyclic amines) is 1. The topological polar surface area (TPSA) is 129 Å². The summed E-state index contributed by atoms with van der Waals surface area (Å²) in [7, 11) is 3.36. The maximum absolute atomic E-state index is 13.8. The van der Waals surface area contributed by atoms with Gasteiger partial charge < -0.3 is 30.6 Å². The maximum Gasteiger partial charge on any atom is 0.270 e. The third-order valence-electron chi connectivity index (χ3n) is 5.85. The molecule has 12 heteroatoms. The van der Waals surface area contributed by atoms with E-state index in [0.717, 1.165) is 34.5 Å². The minimum Gasteiger partial charge on any atom is -0.388 e. The highest BCUT2D eigenvalue weighted by Crippen LogP contribution is 2.23. The lowest BCUT2D eigenvalue weighted by atomic mass is 10.1. The number of carbonyl (C=O) groups excluding carboxylic acids is 4. The van der Waals surface area contributed by atoms with Gasteiger partial charge in [0.2, 0.25) is 12.3 Å². The van der Waals surface area contributed by atoms with Crippen LogP contribution in [-0.2, 0) is 14.4 Å². The Labute approximate surface area is 267 Å².